The smallest absolute Gasteiger partial charge is 0.240 e. The van der Waals surface area contributed by atoms with Crippen molar-refractivity contribution in [2.45, 2.75) is 21.5 Å². The van der Waals surface area contributed by atoms with Crippen molar-refractivity contribution in [3.63, 3.8) is 0 Å². The Bertz CT molecular complexity index is 1010. The fraction of sp³-hybridized carbons (Fsp3) is 0.625. The summed E-state index contributed by atoms with van der Waals surface area (Å²) >= 11 is 0. The zero-order chi connectivity index (χ0) is 20.4. The molecule has 1 aromatic carbocycles. The Labute approximate surface area is 166 Å². The number of nitrogens with zero attached hydrogens (tertiary/aromatic N) is 1. The van der Waals surface area contributed by atoms with Gasteiger partial charge in [0.25, 0.3) is 0 Å². The van der Waals surface area contributed by atoms with Crippen LogP contribution in [0, 0.1) is 0 Å². The van der Waals surface area contributed by atoms with Crippen LogP contribution in [0.2, 0.25) is 0 Å². The number of sulfonamides is 1. The molecule has 0 aromatic heterocycles. The molecule has 158 valence electrons. The molecule has 0 radical (unpaired) electrons. The largest absolute Gasteiger partial charge is 0.379 e. The van der Waals surface area contributed by atoms with Crippen LogP contribution in [0.4, 0.5) is 0 Å². The molecule has 1 N–H and O–H groups in total. The molecule has 2 aliphatic rings. The first-order valence-corrected chi connectivity index (χ1v) is 13.8. The third kappa shape index (κ3) is 5.10. The maximum Gasteiger partial charge on any atom is 0.240 e. The SMILES string of the molecule is O=S1(=O)CC[C@H](S(=O)(=O)c2cccc(S(=O)(=O)NCCN3CCOCC3)c2)C1. The fourth-order valence-corrected chi connectivity index (χ4v) is 8.81. The molecule has 1 atom stereocenters. The molecule has 2 saturated heterocycles. The lowest BCUT2D eigenvalue weighted by Gasteiger charge is -2.26. The molecule has 0 bridgehead atoms. The molecule has 9 nitrogen and oxygen atoms in total. The monoisotopic (exact) mass is 452 g/mol. The van der Waals surface area contributed by atoms with Gasteiger partial charge < -0.3 is 4.74 Å². The summed E-state index contributed by atoms with van der Waals surface area (Å²) in [5.41, 5.74) is 0. The van der Waals surface area contributed by atoms with Crippen molar-refractivity contribution in [2.24, 2.45) is 0 Å². The highest BCUT2D eigenvalue weighted by molar-refractivity contribution is 7.96. The lowest BCUT2D eigenvalue weighted by molar-refractivity contribution is 0.0390. The van der Waals surface area contributed by atoms with E-state index in [1.165, 1.54) is 18.2 Å². The summed E-state index contributed by atoms with van der Waals surface area (Å²) < 4.78 is 81.5. The van der Waals surface area contributed by atoms with Crippen LogP contribution in [0.15, 0.2) is 34.1 Å². The van der Waals surface area contributed by atoms with Gasteiger partial charge in [0.1, 0.15) is 0 Å². The number of morpholine rings is 1. The van der Waals surface area contributed by atoms with Crippen molar-refractivity contribution in [1.29, 1.82) is 0 Å². The van der Waals surface area contributed by atoms with Crippen molar-refractivity contribution < 1.29 is 30.0 Å². The van der Waals surface area contributed by atoms with E-state index in [1.54, 1.807) is 0 Å². The quantitative estimate of drug-likeness (QED) is 0.573. The van der Waals surface area contributed by atoms with Gasteiger partial charge >= 0.3 is 0 Å². The standard InChI is InChI=1S/C16H24N2O7S3/c19-26(20)11-4-16(13-26)27(21,22)14-2-1-3-15(12-14)28(23,24)17-5-6-18-7-9-25-10-8-18/h1-3,12,16-17H,4-11,13H2/t16-/m0/s1. The third-order valence-corrected chi connectivity index (χ3v) is 10.5. The van der Waals surface area contributed by atoms with Crippen molar-refractivity contribution >= 4 is 29.7 Å². The first kappa shape index (κ1) is 21.7. The van der Waals surface area contributed by atoms with Crippen LogP contribution in [-0.4, -0.2) is 86.3 Å². The van der Waals surface area contributed by atoms with E-state index in [0.29, 0.717) is 19.8 Å². The van der Waals surface area contributed by atoms with Gasteiger partial charge in [0.15, 0.2) is 19.7 Å². The molecule has 28 heavy (non-hydrogen) atoms. The summed E-state index contributed by atoms with van der Waals surface area (Å²) in [5.74, 6) is -0.595. The second kappa shape index (κ2) is 8.36. The third-order valence-electron chi connectivity index (χ3n) is 4.90. The first-order chi connectivity index (χ1) is 13.1. The summed E-state index contributed by atoms with van der Waals surface area (Å²) in [6, 6.07) is 5.07. The van der Waals surface area contributed by atoms with Crippen molar-refractivity contribution in [1.82, 2.24) is 9.62 Å². The molecule has 0 unspecified atom stereocenters. The molecule has 2 aliphatic heterocycles. The van der Waals surface area contributed by atoms with Crippen LogP contribution < -0.4 is 4.72 Å². The Balaban J connectivity index is 1.71. The van der Waals surface area contributed by atoms with E-state index < -0.39 is 40.7 Å². The van der Waals surface area contributed by atoms with E-state index in [2.05, 4.69) is 9.62 Å². The minimum absolute atomic E-state index is 0.0272. The first-order valence-electron chi connectivity index (χ1n) is 8.94. The predicted octanol–water partition coefficient (Wildman–Crippen LogP) is -0.742. The second-order valence-corrected chi connectivity index (χ2v) is 13.1. The van der Waals surface area contributed by atoms with Crippen molar-refractivity contribution in [3.05, 3.63) is 24.3 Å². The molecule has 0 aliphatic carbocycles. The molecule has 0 saturated carbocycles. The summed E-state index contributed by atoms with van der Waals surface area (Å²) in [6.45, 7) is 3.42. The van der Waals surface area contributed by atoms with Gasteiger partial charge in [0, 0.05) is 26.2 Å². The zero-order valence-electron chi connectivity index (χ0n) is 15.3. The Kier molecular flexibility index (Phi) is 6.47. The average Bonchev–Trinajstić information content (AvgIpc) is 3.03. The van der Waals surface area contributed by atoms with Gasteiger partial charge in [0.2, 0.25) is 10.0 Å². The van der Waals surface area contributed by atoms with Crippen LogP contribution >= 0.6 is 0 Å². The molecule has 0 spiro atoms. The van der Waals surface area contributed by atoms with Crippen molar-refractivity contribution in [2.75, 3.05) is 50.9 Å². The van der Waals surface area contributed by atoms with E-state index >= 15 is 0 Å². The van der Waals surface area contributed by atoms with Crippen LogP contribution in [0.25, 0.3) is 0 Å². The van der Waals surface area contributed by atoms with Gasteiger partial charge in [-0.15, -0.1) is 0 Å². The van der Waals surface area contributed by atoms with Gasteiger partial charge in [-0.1, -0.05) is 6.07 Å². The molecule has 12 heteroatoms. The van der Waals surface area contributed by atoms with E-state index in [0.717, 1.165) is 19.2 Å². The number of sulfone groups is 2. The van der Waals surface area contributed by atoms with E-state index in [4.69, 9.17) is 4.74 Å². The number of hydrogen-bond donors (Lipinski definition) is 1. The summed E-state index contributed by atoms with van der Waals surface area (Å²) in [7, 11) is -11.2. The average molecular weight is 453 g/mol. The lowest BCUT2D eigenvalue weighted by Crippen LogP contribution is -2.41. The van der Waals surface area contributed by atoms with E-state index in [9.17, 15) is 25.3 Å². The Morgan fingerprint density at radius 1 is 1.11 bits per heavy atom. The van der Waals surface area contributed by atoms with Crippen LogP contribution in [0.3, 0.4) is 0 Å². The molecular formula is C16H24N2O7S3. The Morgan fingerprint density at radius 2 is 1.79 bits per heavy atom. The fourth-order valence-electron chi connectivity index (χ4n) is 3.26. The molecule has 2 heterocycles. The van der Waals surface area contributed by atoms with E-state index in [1.807, 2.05) is 0 Å². The number of nitrogens with one attached hydrogen (secondary N) is 1. The second-order valence-electron chi connectivity index (χ2n) is 6.90. The lowest BCUT2D eigenvalue weighted by atomic mass is 10.4. The minimum Gasteiger partial charge on any atom is -0.379 e. The highest BCUT2D eigenvalue weighted by atomic mass is 32.2. The minimum atomic E-state index is -3.92. The topological polar surface area (TPSA) is 127 Å². The maximum atomic E-state index is 12.7. The summed E-state index contributed by atoms with van der Waals surface area (Å²) in [6.07, 6.45) is 0.0272. The number of hydrogen-bond acceptors (Lipinski definition) is 8. The molecule has 1 aromatic rings. The number of ether oxygens (including phenoxy) is 1. The summed E-state index contributed by atoms with van der Waals surface area (Å²) in [5, 5.41) is -1.04. The van der Waals surface area contributed by atoms with Gasteiger partial charge in [-0.2, -0.15) is 0 Å². The molecular weight excluding hydrogens is 428 g/mol. The summed E-state index contributed by atoms with van der Waals surface area (Å²) in [4.78, 5) is 1.75. The zero-order valence-corrected chi connectivity index (χ0v) is 17.7. The van der Waals surface area contributed by atoms with Crippen LogP contribution in [0.1, 0.15) is 6.42 Å². The molecule has 0 amide bonds. The number of benzene rings is 1. The maximum absolute atomic E-state index is 12.7. The molecule has 2 fully saturated rings. The Morgan fingerprint density at radius 3 is 2.43 bits per heavy atom. The highest BCUT2D eigenvalue weighted by Crippen LogP contribution is 2.26. The van der Waals surface area contributed by atoms with Crippen LogP contribution in [0.5, 0.6) is 0 Å². The predicted molar refractivity (Wildman–Crippen MR) is 103 cm³/mol. The normalized spacial score (nSPS) is 23.6. The van der Waals surface area contributed by atoms with E-state index in [-0.39, 0.29) is 28.5 Å². The van der Waals surface area contributed by atoms with Gasteiger partial charge in [-0.05, 0) is 24.6 Å². The molecule has 3 rings (SSSR count). The van der Waals surface area contributed by atoms with Gasteiger partial charge in [0.05, 0.1) is 39.8 Å². The highest BCUT2D eigenvalue weighted by Gasteiger charge is 2.38. The van der Waals surface area contributed by atoms with Gasteiger partial charge in [-0.3, -0.25) is 4.90 Å². The van der Waals surface area contributed by atoms with Gasteiger partial charge in [-0.25, -0.2) is 30.0 Å². The van der Waals surface area contributed by atoms with Crippen LogP contribution in [-0.2, 0) is 34.4 Å². The van der Waals surface area contributed by atoms with Crippen molar-refractivity contribution in [3.8, 4) is 0 Å². The number of rotatable bonds is 7. The Hall–Kier alpha value is -1.05.